The number of fused-ring (bicyclic) bond motifs is 1. The predicted octanol–water partition coefficient (Wildman–Crippen LogP) is 5.45. The number of rotatable bonds is 15. The summed E-state index contributed by atoms with van der Waals surface area (Å²) in [6.45, 7) is 3.49. The number of aliphatic hydroxyl groups is 1. The number of aromatic amines is 1. The molecular weight excluding hydrogens is 612 g/mol. The summed E-state index contributed by atoms with van der Waals surface area (Å²) < 4.78 is 12.9. The van der Waals surface area contributed by atoms with Gasteiger partial charge in [-0.2, -0.15) is 0 Å². The van der Waals surface area contributed by atoms with Crippen LogP contribution in [0.5, 0.6) is 11.5 Å². The van der Waals surface area contributed by atoms with Crippen molar-refractivity contribution in [3.8, 4) is 11.5 Å². The second-order valence-corrected chi connectivity index (χ2v) is 12.5. The van der Waals surface area contributed by atoms with Crippen molar-refractivity contribution in [1.82, 2.24) is 20.2 Å². The van der Waals surface area contributed by atoms with E-state index in [1.165, 1.54) is 0 Å². The molecule has 2 heterocycles. The molecule has 10 heteroatoms. The number of hydrogen-bond donors (Lipinski definition) is 4. The van der Waals surface area contributed by atoms with Crippen molar-refractivity contribution in [1.29, 1.82) is 0 Å². The van der Waals surface area contributed by atoms with Gasteiger partial charge in [-0.25, -0.2) is 4.98 Å². The lowest BCUT2D eigenvalue weighted by molar-refractivity contribution is 0.0911. The number of oxazole rings is 1. The number of ether oxygens (including phenoxy) is 1. The third kappa shape index (κ3) is 7.64. The molecule has 0 bridgehead atoms. The molecule has 0 saturated heterocycles. The van der Waals surface area contributed by atoms with Crippen molar-refractivity contribution in [3.05, 3.63) is 147 Å². The van der Waals surface area contributed by atoms with Crippen LogP contribution in [0, 0.1) is 0 Å². The third-order valence-electron chi connectivity index (χ3n) is 8.19. The van der Waals surface area contributed by atoms with Crippen LogP contribution < -0.4 is 14.9 Å². The number of hydrogen-bond acceptors (Lipinski definition) is 9. The van der Waals surface area contributed by atoms with E-state index in [9.17, 15) is 15.0 Å². The van der Waals surface area contributed by atoms with Crippen LogP contribution in [0.15, 0.2) is 112 Å². The number of aromatic nitrogens is 2. The molecule has 4 aromatic carbocycles. The number of phenols is 1. The molecule has 0 amide bonds. The maximum absolute atomic E-state index is 11.9. The van der Waals surface area contributed by atoms with Gasteiger partial charge in [0.15, 0.2) is 5.60 Å². The van der Waals surface area contributed by atoms with Gasteiger partial charge in [-0.15, -0.1) is 0 Å². The van der Waals surface area contributed by atoms with Gasteiger partial charge in [-0.05, 0) is 60.5 Å². The average Bonchev–Trinajstić information content (AvgIpc) is 3.75. The lowest BCUT2D eigenvalue weighted by Gasteiger charge is -2.26. The summed E-state index contributed by atoms with van der Waals surface area (Å²) in [6, 6.07) is 30.5. The van der Waals surface area contributed by atoms with E-state index in [0.717, 1.165) is 59.0 Å². The van der Waals surface area contributed by atoms with Crippen LogP contribution in [-0.4, -0.2) is 58.4 Å². The van der Waals surface area contributed by atoms with E-state index in [4.69, 9.17) is 9.15 Å². The lowest BCUT2D eigenvalue weighted by Crippen LogP contribution is -2.29. The normalized spacial score (nSPS) is 11.8. The molecule has 0 saturated carbocycles. The molecule has 0 spiro atoms. The number of thiazole rings is 1. The van der Waals surface area contributed by atoms with Gasteiger partial charge in [0.05, 0.1) is 10.9 Å². The van der Waals surface area contributed by atoms with E-state index in [-0.39, 0.29) is 16.5 Å². The molecule has 2 aromatic heterocycles. The number of benzene rings is 4. The van der Waals surface area contributed by atoms with Crippen LogP contribution >= 0.6 is 11.3 Å². The van der Waals surface area contributed by atoms with Crippen LogP contribution in [0.4, 0.5) is 0 Å². The molecule has 242 valence electrons. The highest BCUT2D eigenvalue weighted by atomic mass is 32.1. The van der Waals surface area contributed by atoms with Crippen molar-refractivity contribution >= 4 is 21.6 Å². The predicted molar refractivity (Wildman–Crippen MR) is 184 cm³/mol. The molecular formula is C37H38N4O5S. The molecule has 47 heavy (non-hydrogen) atoms. The monoisotopic (exact) mass is 650 g/mol. The molecule has 4 N–H and O–H groups in total. The van der Waals surface area contributed by atoms with Gasteiger partial charge in [0.1, 0.15) is 29.4 Å². The Balaban J connectivity index is 0.936. The van der Waals surface area contributed by atoms with Crippen molar-refractivity contribution < 1.29 is 19.4 Å². The SMILES string of the molecule is CN(CCOc1ccc(CNCCc2ccc(O)c3[nH]c(=O)sc23)cc1)CCc1cnc(C(O)(c2ccccc2)c2ccccc2)o1. The van der Waals surface area contributed by atoms with Crippen molar-refractivity contribution in [2.45, 2.75) is 25.0 Å². The van der Waals surface area contributed by atoms with Gasteiger partial charge < -0.3 is 34.6 Å². The van der Waals surface area contributed by atoms with E-state index in [1.807, 2.05) is 85.9 Å². The van der Waals surface area contributed by atoms with Crippen molar-refractivity contribution in [2.75, 3.05) is 33.3 Å². The Hall–Kier alpha value is -4.74. The van der Waals surface area contributed by atoms with Crippen LogP contribution in [0.1, 0.15) is 33.9 Å². The molecule has 0 aliphatic heterocycles. The van der Waals surface area contributed by atoms with Gasteiger partial charge in [-0.3, -0.25) is 4.79 Å². The molecule has 0 aliphatic carbocycles. The Kier molecular flexibility index (Phi) is 10.1. The number of nitrogens with one attached hydrogen (secondary N) is 2. The molecule has 0 fully saturated rings. The maximum atomic E-state index is 11.9. The van der Waals surface area contributed by atoms with E-state index in [2.05, 4.69) is 32.3 Å². The van der Waals surface area contributed by atoms with E-state index >= 15 is 0 Å². The van der Waals surface area contributed by atoms with Gasteiger partial charge in [0.2, 0.25) is 5.89 Å². The average molecular weight is 651 g/mol. The van der Waals surface area contributed by atoms with Gasteiger partial charge in [-0.1, -0.05) is 90.2 Å². The quantitative estimate of drug-likeness (QED) is 0.108. The minimum atomic E-state index is -1.49. The van der Waals surface area contributed by atoms with Crippen molar-refractivity contribution in [2.24, 2.45) is 0 Å². The summed E-state index contributed by atoms with van der Waals surface area (Å²) in [4.78, 5) is 20.9. The van der Waals surface area contributed by atoms with Crippen LogP contribution in [0.2, 0.25) is 0 Å². The molecule has 0 atom stereocenters. The highest BCUT2D eigenvalue weighted by Crippen LogP contribution is 2.36. The lowest BCUT2D eigenvalue weighted by atomic mass is 9.86. The van der Waals surface area contributed by atoms with Crippen LogP contribution in [0.25, 0.3) is 10.2 Å². The van der Waals surface area contributed by atoms with E-state index in [0.29, 0.717) is 42.0 Å². The first-order valence-electron chi connectivity index (χ1n) is 15.6. The minimum Gasteiger partial charge on any atom is -0.506 e. The van der Waals surface area contributed by atoms with Crippen LogP contribution in [-0.2, 0) is 25.0 Å². The number of aromatic hydroxyl groups is 1. The zero-order chi connectivity index (χ0) is 32.6. The standard InChI is InChI=1S/C37H38N4O5S/c1-41(21-19-31-25-39-35(46-31)37(44,28-8-4-2-5-9-28)29-10-6-3-7-11-29)22-23-45-30-15-12-26(13-16-30)24-38-20-18-27-14-17-32(42)33-34(27)47-36(43)40-33/h2-17,25,38,42,44H,18-24H2,1H3,(H,40,43). The first-order valence-corrected chi connectivity index (χ1v) is 16.4. The Morgan fingerprint density at radius 3 is 2.34 bits per heavy atom. The fourth-order valence-corrected chi connectivity index (χ4v) is 6.42. The summed E-state index contributed by atoms with van der Waals surface area (Å²) in [7, 11) is 2.04. The van der Waals surface area contributed by atoms with E-state index in [1.54, 1.807) is 12.3 Å². The second kappa shape index (κ2) is 14.8. The zero-order valence-corrected chi connectivity index (χ0v) is 27.0. The van der Waals surface area contributed by atoms with Gasteiger partial charge >= 0.3 is 4.87 Å². The molecule has 0 aliphatic rings. The highest BCUT2D eigenvalue weighted by molar-refractivity contribution is 7.16. The third-order valence-corrected chi connectivity index (χ3v) is 9.15. The Morgan fingerprint density at radius 1 is 0.936 bits per heavy atom. The fraction of sp³-hybridized carbons (Fsp3) is 0.243. The maximum Gasteiger partial charge on any atom is 0.305 e. The molecule has 0 radical (unpaired) electrons. The van der Waals surface area contributed by atoms with E-state index < -0.39 is 5.60 Å². The molecule has 6 aromatic rings. The smallest absolute Gasteiger partial charge is 0.305 e. The number of phenolic OH excluding ortho intramolecular Hbond substituents is 1. The molecule has 9 nitrogen and oxygen atoms in total. The molecule has 6 rings (SSSR count). The zero-order valence-electron chi connectivity index (χ0n) is 26.2. The summed E-state index contributed by atoms with van der Waals surface area (Å²) in [5.74, 6) is 1.88. The van der Waals surface area contributed by atoms with Gasteiger partial charge in [0, 0.05) is 26.1 Å². The van der Waals surface area contributed by atoms with Crippen LogP contribution in [0.3, 0.4) is 0 Å². The topological polar surface area (TPSA) is 124 Å². The van der Waals surface area contributed by atoms with Gasteiger partial charge in [0.25, 0.3) is 0 Å². The summed E-state index contributed by atoms with van der Waals surface area (Å²) in [5.41, 5.74) is 2.60. The van der Waals surface area contributed by atoms with Crippen molar-refractivity contribution in [3.63, 3.8) is 0 Å². The second-order valence-electron chi connectivity index (χ2n) is 11.5. The number of H-pyrrole nitrogens is 1. The summed E-state index contributed by atoms with van der Waals surface area (Å²) in [5, 5.41) is 25.3. The summed E-state index contributed by atoms with van der Waals surface area (Å²) in [6.07, 6.45) is 3.10. The summed E-state index contributed by atoms with van der Waals surface area (Å²) >= 11 is 1.13. The number of likely N-dealkylation sites (N-methyl/N-ethyl adjacent to an activating group) is 1. The largest absolute Gasteiger partial charge is 0.506 e. The Bertz CT molecular complexity index is 1900. The molecule has 0 unspecified atom stereocenters. The fourth-order valence-electron chi connectivity index (χ4n) is 5.52. The first-order chi connectivity index (χ1) is 22.9. The Morgan fingerprint density at radius 2 is 1.64 bits per heavy atom. The Labute approximate surface area is 277 Å². The highest BCUT2D eigenvalue weighted by Gasteiger charge is 2.38. The number of nitrogens with zero attached hydrogens (tertiary/aromatic N) is 2. The first kappa shape index (κ1) is 32.2. The minimum absolute atomic E-state index is 0.0995.